The summed E-state index contributed by atoms with van der Waals surface area (Å²) in [6.07, 6.45) is 4.88. The summed E-state index contributed by atoms with van der Waals surface area (Å²) in [5.41, 5.74) is 0.500. The smallest absolute Gasteiger partial charge is 0.115 e. The molecule has 64 valence electrons. The van der Waals surface area contributed by atoms with E-state index in [1.54, 1.807) is 18.5 Å². The summed E-state index contributed by atoms with van der Waals surface area (Å²) in [6, 6.07) is 1.78. The van der Waals surface area contributed by atoms with E-state index in [-0.39, 0.29) is 1.43 Å². The lowest BCUT2D eigenvalue weighted by atomic mass is 10.0. The lowest BCUT2D eigenvalue weighted by Crippen LogP contribution is -1.93. The third-order valence-electron chi connectivity index (χ3n) is 0.478. The van der Waals surface area contributed by atoms with Crippen molar-refractivity contribution in [2.24, 2.45) is 5.41 Å². The van der Waals surface area contributed by atoms with Crippen LogP contribution in [-0.2, 0) is 0 Å². The largest absolute Gasteiger partial charge is 0.245 e. The molecule has 0 fully saturated rings. The number of nitrogens with zero attached hydrogens (tertiary/aromatic N) is 2. The molecule has 0 aliphatic heterocycles. The minimum atomic E-state index is 0. The van der Waals surface area contributed by atoms with Gasteiger partial charge in [0.2, 0.25) is 0 Å². The van der Waals surface area contributed by atoms with E-state index in [0.717, 1.165) is 0 Å². The summed E-state index contributed by atoms with van der Waals surface area (Å²) in [5, 5.41) is 0. The molecule has 0 unspecified atom stereocenters. The highest BCUT2D eigenvalue weighted by molar-refractivity contribution is 4.74. The van der Waals surface area contributed by atoms with E-state index >= 15 is 0 Å². The SMILES string of the molecule is CC(C)(C)C.[2HH].c1cncnc1. The van der Waals surface area contributed by atoms with E-state index in [1.807, 2.05) is 0 Å². The van der Waals surface area contributed by atoms with Crippen LogP contribution >= 0.6 is 0 Å². The average molecular weight is 155 g/mol. The van der Waals surface area contributed by atoms with Crippen molar-refractivity contribution in [3.8, 4) is 0 Å². The van der Waals surface area contributed by atoms with Crippen molar-refractivity contribution in [2.75, 3.05) is 0 Å². The first kappa shape index (κ1) is 10.1. The van der Waals surface area contributed by atoms with Crippen LogP contribution in [0, 0.1) is 5.41 Å². The van der Waals surface area contributed by atoms with Crippen LogP contribution in [0.1, 0.15) is 29.1 Å². The molecular weight excluding hydrogens is 136 g/mol. The average Bonchev–Trinajstić information content (AvgIpc) is 1.88. The van der Waals surface area contributed by atoms with E-state index in [4.69, 9.17) is 0 Å². The minimum Gasteiger partial charge on any atom is -0.245 e. The first-order chi connectivity index (χ1) is 5.00. The molecule has 1 heterocycles. The summed E-state index contributed by atoms with van der Waals surface area (Å²) in [4.78, 5) is 7.35. The van der Waals surface area contributed by atoms with Gasteiger partial charge < -0.3 is 0 Å². The van der Waals surface area contributed by atoms with Gasteiger partial charge >= 0.3 is 0 Å². The first-order valence-electron chi connectivity index (χ1n) is 3.70. The number of hydrogen-bond acceptors (Lipinski definition) is 2. The molecule has 0 spiro atoms. The maximum atomic E-state index is 3.67. The van der Waals surface area contributed by atoms with Gasteiger partial charge in [0.15, 0.2) is 0 Å². The normalized spacial score (nSPS) is 9.82. The van der Waals surface area contributed by atoms with E-state index in [9.17, 15) is 0 Å². The molecule has 1 aromatic rings. The van der Waals surface area contributed by atoms with E-state index in [2.05, 4.69) is 37.7 Å². The second-order valence-electron chi connectivity index (χ2n) is 3.90. The fourth-order valence-corrected chi connectivity index (χ4v) is 0.253. The zero-order chi connectivity index (χ0) is 8.74. The maximum absolute atomic E-state index is 3.67. The Labute approximate surface area is 70.2 Å². The summed E-state index contributed by atoms with van der Waals surface area (Å²) >= 11 is 0. The molecule has 0 radical (unpaired) electrons. The standard InChI is InChI=1S/C5H12.C4H4N2.H2/c1-5(2,3)4;1-2-5-4-6-3-1;/h1-4H3;1-4H;1H/i;;1+1. The van der Waals surface area contributed by atoms with Crippen LogP contribution < -0.4 is 0 Å². The highest BCUT2D eigenvalue weighted by Gasteiger charge is 1.95. The van der Waals surface area contributed by atoms with Crippen molar-refractivity contribution in [1.82, 2.24) is 9.97 Å². The van der Waals surface area contributed by atoms with Crippen molar-refractivity contribution in [3.63, 3.8) is 0 Å². The molecule has 0 atom stereocenters. The van der Waals surface area contributed by atoms with Crippen LogP contribution in [-0.4, -0.2) is 9.97 Å². The second-order valence-corrected chi connectivity index (χ2v) is 3.90. The lowest BCUT2D eigenvalue weighted by molar-refractivity contribution is 0.469. The van der Waals surface area contributed by atoms with Gasteiger partial charge in [0.05, 0.1) is 0 Å². The van der Waals surface area contributed by atoms with Gasteiger partial charge in [0.1, 0.15) is 6.33 Å². The molecule has 0 saturated heterocycles. The van der Waals surface area contributed by atoms with Crippen LogP contribution in [0.4, 0.5) is 0 Å². The number of aromatic nitrogens is 2. The molecule has 0 aromatic carbocycles. The van der Waals surface area contributed by atoms with E-state index in [1.165, 1.54) is 6.33 Å². The second kappa shape index (κ2) is 4.83. The Balaban J connectivity index is 0. The predicted octanol–water partition coefficient (Wildman–Crippen LogP) is 2.78. The number of hydrogen-bond donors (Lipinski definition) is 0. The highest BCUT2D eigenvalue weighted by Crippen LogP contribution is 2.07. The molecule has 1 aromatic heterocycles. The minimum absolute atomic E-state index is 0. The van der Waals surface area contributed by atoms with E-state index in [0.29, 0.717) is 5.41 Å². The summed E-state index contributed by atoms with van der Waals surface area (Å²) < 4.78 is 0. The summed E-state index contributed by atoms with van der Waals surface area (Å²) in [5.74, 6) is 0. The monoisotopic (exact) mass is 155 g/mol. The Morgan fingerprint density at radius 2 is 1.36 bits per heavy atom. The third-order valence-corrected chi connectivity index (χ3v) is 0.478. The van der Waals surface area contributed by atoms with Gasteiger partial charge in [-0.15, -0.1) is 0 Å². The number of rotatable bonds is 0. The van der Waals surface area contributed by atoms with Crippen molar-refractivity contribution >= 4 is 0 Å². The molecular formula is C9H18N2. The third kappa shape index (κ3) is 17.6. The molecule has 0 amide bonds. The fraction of sp³-hybridized carbons (Fsp3) is 0.556. The van der Waals surface area contributed by atoms with E-state index < -0.39 is 0 Å². The molecule has 0 bridgehead atoms. The van der Waals surface area contributed by atoms with Crippen LogP contribution in [0.3, 0.4) is 0 Å². The molecule has 0 N–H and O–H groups in total. The molecule has 1 rings (SSSR count). The highest BCUT2D eigenvalue weighted by atomic mass is 14.8. The van der Waals surface area contributed by atoms with Gasteiger partial charge in [-0.1, -0.05) is 27.7 Å². The van der Waals surface area contributed by atoms with Gasteiger partial charge in [-0.05, 0) is 11.5 Å². The zero-order valence-electron chi connectivity index (χ0n) is 7.70. The van der Waals surface area contributed by atoms with Crippen LogP contribution in [0.25, 0.3) is 0 Å². The van der Waals surface area contributed by atoms with Crippen molar-refractivity contribution < 1.29 is 1.43 Å². The Hall–Kier alpha value is -0.920. The Kier molecular flexibility index (Phi) is 4.42. The van der Waals surface area contributed by atoms with Crippen LogP contribution in [0.2, 0.25) is 0 Å². The van der Waals surface area contributed by atoms with Gasteiger partial charge in [0, 0.05) is 13.8 Å². The Morgan fingerprint density at radius 3 is 1.45 bits per heavy atom. The molecule has 0 aliphatic carbocycles. The Morgan fingerprint density at radius 1 is 1.00 bits per heavy atom. The van der Waals surface area contributed by atoms with Gasteiger partial charge in [0.25, 0.3) is 0 Å². The maximum Gasteiger partial charge on any atom is 0.115 e. The molecule has 0 aliphatic rings. The van der Waals surface area contributed by atoms with Crippen molar-refractivity contribution in [3.05, 3.63) is 24.8 Å². The predicted molar refractivity (Wildman–Crippen MR) is 49.3 cm³/mol. The summed E-state index contributed by atoms with van der Waals surface area (Å²) in [7, 11) is 0. The first-order valence-corrected chi connectivity index (χ1v) is 3.70. The molecule has 2 heteroatoms. The van der Waals surface area contributed by atoms with Crippen molar-refractivity contribution in [1.29, 1.82) is 0 Å². The molecule has 0 saturated carbocycles. The Bertz CT molecular complexity index is 137. The lowest BCUT2D eigenvalue weighted by Gasteiger charge is -2.05. The van der Waals surface area contributed by atoms with Gasteiger partial charge in [-0.2, -0.15) is 0 Å². The summed E-state index contributed by atoms with van der Waals surface area (Å²) in [6.45, 7) is 8.75. The van der Waals surface area contributed by atoms with Gasteiger partial charge in [-0.3, -0.25) is 0 Å². The van der Waals surface area contributed by atoms with Crippen molar-refractivity contribution in [2.45, 2.75) is 27.7 Å². The quantitative estimate of drug-likeness (QED) is 0.575. The fourth-order valence-electron chi connectivity index (χ4n) is 0.253. The van der Waals surface area contributed by atoms with Crippen LogP contribution in [0.5, 0.6) is 0 Å². The van der Waals surface area contributed by atoms with Crippen LogP contribution in [0.15, 0.2) is 24.8 Å². The zero-order valence-corrected chi connectivity index (χ0v) is 7.70. The molecule has 11 heavy (non-hydrogen) atoms. The topological polar surface area (TPSA) is 25.8 Å². The molecule has 2 nitrogen and oxygen atoms in total. The van der Waals surface area contributed by atoms with Gasteiger partial charge in [-0.25, -0.2) is 9.97 Å².